The van der Waals surface area contributed by atoms with Gasteiger partial charge in [-0.3, -0.25) is 20.4 Å². The molecule has 0 unspecified atom stereocenters. The molecule has 0 atom stereocenters. The summed E-state index contributed by atoms with van der Waals surface area (Å²) in [6.45, 7) is 2.32. The summed E-state index contributed by atoms with van der Waals surface area (Å²) >= 11 is 5.83. The van der Waals surface area contributed by atoms with Crippen LogP contribution < -0.4 is 11.2 Å². The van der Waals surface area contributed by atoms with E-state index in [0.29, 0.717) is 27.4 Å². The van der Waals surface area contributed by atoms with Crippen LogP contribution in [0.3, 0.4) is 0 Å². The number of hydrogen-bond donors (Lipinski definition) is 2. The topological polar surface area (TPSA) is 102 Å². The molecule has 0 bridgehead atoms. The highest BCUT2D eigenvalue weighted by Gasteiger charge is 2.14. The summed E-state index contributed by atoms with van der Waals surface area (Å²) in [5, 5.41) is 17.0. The zero-order valence-electron chi connectivity index (χ0n) is 23.6. The number of hydrogen-bond acceptors (Lipinski definition) is 4. The van der Waals surface area contributed by atoms with Crippen LogP contribution in [0.2, 0.25) is 5.02 Å². The molecule has 2 aromatic heterocycles. The van der Waals surface area contributed by atoms with Crippen LogP contribution in [0.15, 0.2) is 97.1 Å². The summed E-state index contributed by atoms with van der Waals surface area (Å²) in [5.74, 6) is -0.0219. The second-order valence-electron chi connectivity index (χ2n) is 10.1. The molecule has 2 N–H and O–H groups in total. The minimum absolute atomic E-state index is 0.0184. The van der Waals surface area contributed by atoms with Gasteiger partial charge in [-0.25, -0.2) is 0 Å². The van der Waals surface area contributed by atoms with Crippen molar-refractivity contribution in [1.82, 2.24) is 18.3 Å². The Hall–Kier alpha value is -4.95. The van der Waals surface area contributed by atoms with Gasteiger partial charge >= 0.3 is 0 Å². The Labute approximate surface area is 247 Å². The van der Waals surface area contributed by atoms with E-state index in [0.717, 1.165) is 27.6 Å². The number of nitrogens with zero attached hydrogens (tertiary/aromatic N) is 4. The average molecular weight is 579 g/mol. The van der Waals surface area contributed by atoms with E-state index in [9.17, 15) is 9.59 Å². The third kappa shape index (κ3) is 5.62. The van der Waals surface area contributed by atoms with Gasteiger partial charge in [-0.2, -0.15) is 0 Å². The molecular formula is C33H31ClN6O2. The lowest BCUT2D eigenvalue weighted by Gasteiger charge is -2.04. The molecule has 0 fully saturated rings. The molecule has 0 radical (unpaired) electrons. The van der Waals surface area contributed by atoms with E-state index in [1.54, 1.807) is 42.5 Å². The Bertz CT molecular complexity index is 1890. The van der Waals surface area contributed by atoms with Crippen molar-refractivity contribution < 1.29 is 9.59 Å². The number of para-hydroxylation sites is 4. The first-order valence-electron chi connectivity index (χ1n) is 13.4. The summed E-state index contributed by atoms with van der Waals surface area (Å²) in [6, 6.07) is 29.8. The van der Waals surface area contributed by atoms with Crippen LogP contribution >= 0.6 is 11.6 Å². The van der Waals surface area contributed by atoms with Gasteiger partial charge in [0, 0.05) is 30.2 Å². The number of carbonyl (C=O) groups excluding carboxylic acids is 2. The lowest BCUT2D eigenvalue weighted by atomic mass is 10.1. The molecular weight excluding hydrogens is 548 g/mol. The fraction of sp³-hybridized carbons (Fsp3) is 0.152. The molecule has 4 aromatic carbocycles. The molecule has 0 spiro atoms. The van der Waals surface area contributed by atoms with E-state index in [1.807, 2.05) is 93.8 Å². The van der Waals surface area contributed by atoms with Gasteiger partial charge in [0.1, 0.15) is 0 Å². The number of carbonyl (C=O) groups is 2. The van der Waals surface area contributed by atoms with Crippen molar-refractivity contribution in [3.05, 3.63) is 130 Å². The minimum Gasteiger partial charge on any atom is -0.313 e. The molecule has 0 aliphatic heterocycles. The van der Waals surface area contributed by atoms with Crippen molar-refractivity contribution in [3.63, 3.8) is 0 Å². The largest absolute Gasteiger partial charge is 0.313 e. The standard InChI is InChI=1S/C17H17N3O.C16H14ClN3O/c1-12-7-9-13(10-8-12)16(21)11-20-15-6-4-3-5-14(15)19(2)17(20)18;1-19-13-4-2-3-5-14(13)20(16(19)18)10-15(21)11-6-8-12(17)9-7-11/h3-10,18H,11H2,1-2H3;2-9,18H,10H2,1H3. The van der Waals surface area contributed by atoms with Gasteiger partial charge in [-0.05, 0) is 55.5 Å². The summed E-state index contributed by atoms with van der Waals surface area (Å²) < 4.78 is 7.02. The quantitative estimate of drug-likeness (QED) is 0.250. The Morgan fingerprint density at radius 3 is 1.36 bits per heavy atom. The highest BCUT2D eigenvalue weighted by atomic mass is 35.5. The molecule has 0 aliphatic rings. The maximum absolute atomic E-state index is 12.4. The minimum atomic E-state index is -0.0403. The molecule has 0 amide bonds. The maximum atomic E-state index is 12.4. The molecule has 42 heavy (non-hydrogen) atoms. The number of Topliss-reactive ketones (excluding diaryl/α,β-unsaturated/α-hetero) is 2. The summed E-state index contributed by atoms with van der Waals surface area (Å²) in [7, 11) is 3.67. The van der Waals surface area contributed by atoms with Gasteiger partial charge < -0.3 is 18.3 Å². The van der Waals surface area contributed by atoms with E-state index in [1.165, 1.54) is 0 Å². The molecule has 6 rings (SSSR count). The normalized spacial score (nSPS) is 11.0. The van der Waals surface area contributed by atoms with Crippen molar-refractivity contribution in [2.75, 3.05) is 0 Å². The lowest BCUT2D eigenvalue weighted by Crippen LogP contribution is -2.25. The predicted octanol–water partition coefficient (Wildman–Crippen LogP) is 5.65. The van der Waals surface area contributed by atoms with E-state index >= 15 is 0 Å². The molecule has 0 aliphatic carbocycles. The van der Waals surface area contributed by atoms with E-state index in [4.69, 9.17) is 22.4 Å². The number of aryl methyl sites for hydroxylation is 3. The van der Waals surface area contributed by atoms with Gasteiger partial charge in [-0.1, -0.05) is 65.7 Å². The molecule has 0 saturated heterocycles. The van der Waals surface area contributed by atoms with Gasteiger partial charge in [-0.15, -0.1) is 0 Å². The van der Waals surface area contributed by atoms with Crippen molar-refractivity contribution in [3.8, 4) is 0 Å². The first kappa shape index (κ1) is 28.6. The smallest absolute Gasteiger partial charge is 0.203 e. The average Bonchev–Trinajstić information content (AvgIpc) is 3.38. The second-order valence-corrected chi connectivity index (χ2v) is 10.6. The third-order valence-corrected chi connectivity index (χ3v) is 7.61. The molecule has 8 nitrogen and oxygen atoms in total. The summed E-state index contributed by atoms with van der Waals surface area (Å²) in [6.07, 6.45) is 0. The monoisotopic (exact) mass is 578 g/mol. The number of benzene rings is 4. The first-order chi connectivity index (χ1) is 20.2. The Morgan fingerprint density at radius 1 is 0.595 bits per heavy atom. The maximum Gasteiger partial charge on any atom is 0.203 e. The number of fused-ring (bicyclic) bond motifs is 2. The zero-order chi connectivity index (χ0) is 30.0. The lowest BCUT2D eigenvalue weighted by molar-refractivity contribution is 0.0963. The highest BCUT2D eigenvalue weighted by Crippen LogP contribution is 2.15. The molecule has 0 saturated carbocycles. The highest BCUT2D eigenvalue weighted by molar-refractivity contribution is 6.30. The third-order valence-electron chi connectivity index (χ3n) is 7.36. The van der Waals surface area contributed by atoms with Crippen LogP contribution in [0.5, 0.6) is 0 Å². The SMILES string of the molecule is Cc1ccc(C(=O)Cn2c(=N)n(C)c3ccccc32)cc1.Cn1c(=N)n(CC(=O)c2ccc(Cl)cc2)c2ccccc21. The van der Waals surface area contributed by atoms with E-state index in [2.05, 4.69) is 0 Å². The van der Waals surface area contributed by atoms with Crippen LogP contribution in [0.25, 0.3) is 22.1 Å². The molecule has 9 heteroatoms. The van der Waals surface area contributed by atoms with E-state index in [-0.39, 0.29) is 24.7 Å². The molecule has 2 heterocycles. The number of halogens is 1. The van der Waals surface area contributed by atoms with Crippen molar-refractivity contribution in [2.45, 2.75) is 20.0 Å². The molecule has 6 aromatic rings. The van der Waals surface area contributed by atoms with Gasteiger partial charge in [0.15, 0.2) is 11.6 Å². The Balaban J connectivity index is 0.000000168. The number of aromatic nitrogens is 4. The fourth-order valence-electron chi connectivity index (χ4n) is 4.94. The number of rotatable bonds is 6. The van der Waals surface area contributed by atoms with Crippen molar-refractivity contribution >= 4 is 45.2 Å². The predicted molar refractivity (Wildman–Crippen MR) is 165 cm³/mol. The van der Waals surface area contributed by atoms with Gasteiger partial charge in [0.05, 0.1) is 35.2 Å². The van der Waals surface area contributed by atoms with Crippen LogP contribution in [0.1, 0.15) is 26.3 Å². The van der Waals surface area contributed by atoms with Gasteiger partial charge in [0.2, 0.25) is 11.2 Å². The number of imidazole rings is 2. The number of ketones is 2. The van der Waals surface area contributed by atoms with Crippen LogP contribution in [0, 0.1) is 17.7 Å². The fourth-order valence-corrected chi connectivity index (χ4v) is 5.06. The van der Waals surface area contributed by atoms with Crippen molar-refractivity contribution in [2.24, 2.45) is 14.1 Å². The van der Waals surface area contributed by atoms with Gasteiger partial charge in [0.25, 0.3) is 0 Å². The van der Waals surface area contributed by atoms with Crippen LogP contribution in [-0.4, -0.2) is 29.8 Å². The van der Waals surface area contributed by atoms with Crippen molar-refractivity contribution in [1.29, 1.82) is 10.8 Å². The zero-order valence-corrected chi connectivity index (χ0v) is 24.4. The van der Waals surface area contributed by atoms with Crippen LogP contribution in [0.4, 0.5) is 0 Å². The number of nitrogens with one attached hydrogen (secondary N) is 2. The first-order valence-corrected chi connectivity index (χ1v) is 13.8. The summed E-state index contributed by atoms with van der Waals surface area (Å²) in [5.41, 5.74) is 6.73. The Morgan fingerprint density at radius 2 is 0.952 bits per heavy atom. The summed E-state index contributed by atoms with van der Waals surface area (Å²) in [4.78, 5) is 24.8. The second kappa shape index (κ2) is 11.9. The molecule has 212 valence electrons. The van der Waals surface area contributed by atoms with E-state index < -0.39 is 0 Å². The Kier molecular flexibility index (Phi) is 8.08. The van der Waals surface area contributed by atoms with Crippen LogP contribution in [-0.2, 0) is 27.2 Å².